The number of carbonyl (C=O) groups excluding carboxylic acids is 1. The number of benzene rings is 2. The Hall–Kier alpha value is -2.86. The summed E-state index contributed by atoms with van der Waals surface area (Å²) in [5, 5.41) is 8.68. The first-order chi connectivity index (χ1) is 12.6. The first-order valence-corrected chi connectivity index (χ1v) is 9.22. The highest BCUT2D eigenvalue weighted by Crippen LogP contribution is 2.24. The van der Waals surface area contributed by atoms with Gasteiger partial charge >= 0.3 is 6.03 Å². The number of aryl methyl sites for hydroxylation is 1. The summed E-state index contributed by atoms with van der Waals surface area (Å²) in [5.74, 6) is 0.754. The number of rotatable bonds is 6. The van der Waals surface area contributed by atoms with Gasteiger partial charge in [-0.3, -0.25) is 0 Å². The Kier molecular flexibility index (Phi) is 5.86. The summed E-state index contributed by atoms with van der Waals surface area (Å²) in [6, 6.07) is 15.3. The number of urea groups is 1. The monoisotopic (exact) mass is 367 g/mol. The molecule has 26 heavy (non-hydrogen) atoms. The molecule has 0 aliphatic rings. The highest BCUT2D eigenvalue weighted by atomic mass is 32.1. The number of nitrogens with one attached hydrogen (secondary N) is 2. The van der Waals surface area contributed by atoms with Gasteiger partial charge in [-0.25, -0.2) is 9.78 Å². The summed E-state index contributed by atoms with van der Waals surface area (Å²) in [7, 11) is 1.61. The van der Waals surface area contributed by atoms with Gasteiger partial charge in [0.2, 0.25) is 0 Å². The number of hydrogen-bond acceptors (Lipinski definition) is 4. The predicted molar refractivity (Wildman–Crippen MR) is 106 cm³/mol. The molecule has 0 radical (unpaired) electrons. The largest absolute Gasteiger partial charge is 0.497 e. The van der Waals surface area contributed by atoms with Crippen LogP contribution in [0.1, 0.15) is 11.3 Å². The number of methoxy groups -OCH3 is 1. The third-order valence-corrected chi connectivity index (χ3v) is 4.81. The fourth-order valence-electron chi connectivity index (χ4n) is 2.40. The van der Waals surface area contributed by atoms with Gasteiger partial charge in [0.15, 0.2) is 0 Å². The summed E-state index contributed by atoms with van der Waals surface area (Å²) in [5.41, 5.74) is 4.06. The predicted octanol–water partition coefficient (Wildman–Crippen LogP) is 4.49. The molecule has 0 atom stereocenters. The summed E-state index contributed by atoms with van der Waals surface area (Å²) in [4.78, 5) is 16.6. The van der Waals surface area contributed by atoms with Crippen molar-refractivity contribution in [1.29, 1.82) is 0 Å². The molecule has 5 nitrogen and oxygen atoms in total. The van der Waals surface area contributed by atoms with E-state index in [0.717, 1.165) is 27.7 Å². The summed E-state index contributed by atoms with van der Waals surface area (Å²) < 4.78 is 5.09. The van der Waals surface area contributed by atoms with Crippen molar-refractivity contribution in [3.63, 3.8) is 0 Å². The van der Waals surface area contributed by atoms with Gasteiger partial charge in [-0.05, 0) is 31.2 Å². The average molecular weight is 367 g/mol. The molecule has 3 aromatic rings. The number of ether oxygens (including phenoxy) is 1. The van der Waals surface area contributed by atoms with E-state index in [9.17, 15) is 4.79 Å². The number of nitrogens with zero attached hydrogens (tertiary/aromatic N) is 1. The fourth-order valence-corrected chi connectivity index (χ4v) is 3.26. The lowest BCUT2D eigenvalue weighted by Gasteiger charge is -2.07. The normalized spacial score (nSPS) is 10.4. The third-order valence-electron chi connectivity index (χ3n) is 3.86. The van der Waals surface area contributed by atoms with E-state index in [0.29, 0.717) is 13.0 Å². The summed E-state index contributed by atoms with van der Waals surface area (Å²) in [6.45, 7) is 2.60. The van der Waals surface area contributed by atoms with Crippen LogP contribution in [0.2, 0.25) is 0 Å². The van der Waals surface area contributed by atoms with Crippen molar-refractivity contribution in [1.82, 2.24) is 10.3 Å². The van der Waals surface area contributed by atoms with Gasteiger partial charge in [0.05, 0.1) is 12.8 Å². The average Bonchev–Trinajstić information content (AvgIpc) is 3.12. The molecule has 3 rings (SSSR count). The van der Waals surface area contributed by atoms with Crippen molar-refractivity contribution in [2.24, 2.45) is 0 Å². The fraction of sp³-hybridized carbons (Fsp3) is 0.200. The Bertz CT molecular complexity index is 858. The third kappa shape index (κ3) is 4.83. The van der Waals surface area contributed by atoms with Crippen molar-refractivity contribution in [2.45, 2.75) is 13.3 Å². The van der Waals surface area contributed by atoms with Gasteiger partial charge in [-0.2, -0.15) is 0 Å². The topological polar surface area (TPSA) is 63.2 Å². The zero-order valence-corrected chi connectivity index (χ0v) is 15.6. The van der Waals surface area contributed by atoms with Crippen molar-refractivity contribution < 1.29 is 9.53 Å². The van der Waals surface area contributed by atoms with E-state index in [2.05, 4.69) is 46.8 Å². The lowest BCUT2D eigenvalue weighted by molar-refractivity contribution is 0.252. The molecule has 2 amide bonds. The molecule has 0 saturated heterocycles. The standard InChI is InChI=1S/C20H21N3O2S/c1-14-3-5-15(6-4-14)19-22-17(13-26-19)11-12-21-20(24)23-16-7-9-18(25-2)10-8-16/h3-10,13H,11-12H2,1-2H3,(H2,21,23,24). The second-order valence-electron chi connectivity index (χ2n) is 5.87. The molecule has 2 aromatic carbocycles. The van der Waals surface area contributed by atoms with E-state index in [1.807, 2.05) is 5.38 Å². The molecule has 0 spiro atoms. The zero-order valence-electron chi connectivity index (χ0n) is 14.8. The molecule has 0 saturated carbocycles. The Morgan fingerprint density at radius 3 is 2.54 bits per heavy atom. The van der Waals surface area contributed by atoms with Crippen LogP contribution in [-0.2, 0) is 6.42 Å². The van der Waals surface area contributed by atoms with E-state index >= 15 is 0 Å². The maximum atomic E-state index is 11.9. The van der Waals surface area contributed by atoms with E-state index in [1.165, 1.54) is 5.56 Å². The second-order valence-corrected chi connectivity index (χ2v) is 6.73. The number of amides is 2. The number of carbonyl (C=O) groups is 1. The molecule has 1 aromatic heterocycles. The molecule has 0 unspecified atom stereocenters. The number of hydrogen-bond donors (Lipinski definition) is 2. The first-order valence-electron chi connectivity index (χ1n) is 8.34. The van der Waals surface area contributed by atoms with Crippen LogP contribution in [0.25, 0.3) is 10.6 Å². The van der Waals surface area contributed by atoms with Crippen LogP contribution in [-0.4, -0.2) is 24.7 Å². The van der Waals surface area contributed by atoms with E-state index < -0.39 is 0 Å². The van der Waals surface area contributed by atoms with Gasteiger partial charge in [0, 0.05) is 29.6 Å². The SMILES string of the molecule is COc1ccc(NC(=O)NCCc2csc(-c3ccc(C)cc3)n2)cc1. The van der Waals surface area contributed by atoms with E-state index in [-0.39, 0.29) is 6.03 Å². The van der Waals surface area contributed by atoms with E-state index in [1.54, 1.807) is 42.7 Å². The lowest BCUT2D eigenvalue weighted by Crippen LogP contribution is -2.30. The Balaban J connectivity index is 1.47. The van der Waals surface area contributed by atoms with Crippen molar-refractivity contribution >= 4 is 23.1 Å². The van der Waals surface area contributed by atoms with Crippen LogP contribution in [0.4, 0.5) is 10.5 Å². The molecule has 0 bridgehead atoms. The minimum Gasteiger partial charge on any atom is -0.497 e. The summed E-state index contributed by atoms with van der Waals surface area (Å²) in [6.07, 6.45) is 0.693. The maximum absolute atomic E-state index is 11.9. The molecule has 2 N–H and O–H groups in total. The van der Waals surface area contributed by atoms with Crippen molar-refractivity contribution in [3.05, 3.63) is 65.2 Å². The van der Waals surface area contributed by atoms with Crippen LogP contribution in [0.5, 0.6) is 5.75 Å². The van der Waals surface area contributed by atoms with Crippen LogP contribution in [0.15, 0.2) is 53.9 Å². The molecule has 0 aliphatic carbocycles. The molecule has 134 valence electrons. The lowest BCUT2D eigenvalue weighted by atomic mass is 10.2. The van der Waals surface area contributed by atoms with Gasteiger partial charge < -0.3 is 15.4 Å². The van der Waals surface area contributed by atoms with Gasteiger partial charge in [-0.15, -0.1) is 11.3 Å². The maximum Gasteiger partial charge on any atom is 0.319 e. The number of thiazole rings is 1. The van der Waals surface area contributed by atoms with Crippen LogP contribution in [0.3, 0.4) is 0 Å². The first kappa shape index (κ1) is 17.9. The summed E-state index contributed by atoms with van der Waals surface area (Å²) >= 11 is 1.62. The van der Waals surface area contributed by atoms with E-state index in [4.69, 9.17) is 4.74 Å². The second kappa shape index (κ2) is 8.49. The Morgan fingerprint density at radius 1 is 1.12 bits per heavy atom. The number of anilines is 1. The van der Waals surface area contributed by atoms with Gasteiger partial charge in [0.1, 0.15) is 10.8 Å². The molecular formula is C20H21N3O2S. The van der Waals surface area contributed by atoms with Crippen LogP contribution < -0.4 is 15.4 Å². The minimum atomic E-state index is -0.232. The Morgan fingerprint density at radius 2 is 1.85 bits per heavy atom. The van der Waals surface area contributed by atoms with Crippen LogP contribution in [0, 0.1) is 6.92 Å². The highest BCUT2D eigenvalue weighted by Gasteiger charge is 2.06. The quantitative estimate of drug-likeness (QED) is 0.675. The van der Waals surface area contributed by atoms with Crippen LogP contribution >= 0.6 is 11.3 Å². The van der Waals surface area contributed by atoms with Gasteiger partial charge in [-0.1, -0.05) is 29.8 Å². The van der Waals surface area contributed by atoms with Gasteiger partial charge in [0.25, 0.3) is 0 Å². The molecule has 1 heterocycles. The molecule has 0 aliphatic heterocycles. The van der Waals surface area contributed by atoms with Crippen molar-refractivity contribution in [3.8, 4) is 16.3 Å². The molecule has 0 fully saturated rings. The minimum absolute atomic E-state index is 0.232. The molecular weight excluding hydrogens is 346 g/mol. The zero-order chi connectivity index (χ0) is 18.4. The highest BCUT2D eigenvalue weighted by molar-refractivity contribution is 7.13. The Labute approximate surface area is 157 Å². The smallest absolute Gasteiger partial charge is 0.319 e. The van der Waals surface area contributed by atoms with Crippen molar-refractivity contribution in [2.75, 3.05) is 19.0 Å². The molecule has 6 heteroatoms. The number of aromatic nitrogens is 1.